The predicted octanol–water partition coefficient (Wildman–Crippen LogP) is 3.88. The van der Waals surface area contributed by atoms with Crippen molar-refractivity contribution < 1.29 is 4.79 Å². The molecule has 20 heavy (non-hydrogen) atoms. The van der Waals surface area contributed by atoms with E-state index < -0.39 is 0 Å². The molecule has 4 heteroatoms. The van der Waals surface area contributed by atoms with Crippen molar-refractivity contribution in [2.45, 2.75) is 13.5 Å². The molecular formula is C16H13ClN2O. The zero-order chi connectivity index (χ0) is 14.1. The summed E-state index contributed by atoms with van der Waals surface area (Å²) in [7, 11) is 0. The molecule has 0 amide bonds. The van der Waals surface area contributed by atoms with Crippen LogP contribution in [-0.4, -0.2) is 15.3 Å². The summed E-state index contributed by atoms with van der Waals surface area (Å²) in [6, 6.07) is 14.8. The second kappa shape index (κ2) is 5.10. The number of carbonyl (C=O) groups is 1. The Labute approximate surface area is 121 Å². The van der Waals surface area contributed by atoms with Crippen LogP contribution in [0.25, 0.3) is 11.0 Å². The normalized spacial score (nSPS) is 10.9. The highest BCUT2D eigenvalue weighted by molar-refractivity contribution is 6.30. The van der Waals surface area contributed by atoms with Gasteiger partial charge >= 0.3 is 0 Å². The third kappa shape index (κ3) is 2.32. The molecule has 0 saturated carbocycles. The van der Waals surface area contributed by atoms with E-state index in [1.165, 1.54) is 0 Å². The van der Waals surface area contributed by atoms with Gasteiger partial charge in [0.05, 0.1) is 17.6 Å². The fourth-order valence-corrected chi connectivity index (χ4v) is 2.39. The molecule has 3 aromatic rings. The number of Topliss-reactive ketones (excluding diaryl/α,β-unsaturated/α-hetero) is 1. The third-order valence-corrected chi connectivity index (χ3v) is 3.57. The average Bonchev–Trinajstić information content (AvgIpc) is 2.76. The first-order chi connectivity index (χ1) is 9.65. The number of aryl methyl sites for hydroxylation is 1. The first-order valence-electron chi connectivity index (χ1n) is 6.36. The van der Waals surface area contributed by atoms with Crippen LogP contribution in [-0.2, 0) is 6.54 Å². The van der Waals surface area contributed by atoms with Crippen LogP contribution in [0, 0.1) is 6.92 Å². The fourth-order valence-electron chi connectivity index (χ4n) is 2.27. The first kappa shape index (κ1) is 12.9. The van der Waals surface area contributed by atoms with Gasteiger partial charge in [-0.25, -0.2) is 4.98 Å². The summed E-state index contributed by atoms with van der Waals surface area (Å²) in [5.41, 5.74) is 2.55. The number of aromatic nitrogens is 2. The largest absolute Gasteiger partial charge is 0.320 e. The second-order valence-corrected chi connectivity index (χ2v) is 5.10. The maximum absolute atomic E-state index is 12.3. The first-order valence-corrected chi connectivity index (χ1v) is 6.73. The van der Waals surface area contributed by atoms with E-state index in [0.29, 0.717) is 10.6 Å². The van der Waals surface area contributed by atoms with Gasteiger partial charge in [0, 0.05) is 10.6 Å². The zero-order valence-electron chi connectivity index (χ0n) is 11.0. The standard InChI is InChI=1S/C16H13ClN2O/c1-11-18-14-4-2-3-5-15(14)19(11)10-16(20)12-6-8-13(17)9-7-12/h2-9H,10H2,1H3. The zero-order valence-corrected chi connectivity index (χ0v) is 11.8. The lowest BCUT2D eigenvalue weighted by Crippen LogP contribution is -2.11. The van der Waals surface area contributed by atoms with E-state index in [-0.39, 0.29) is 12.3 Å². The molecule has 2 aromatic carbocycles. The number of hydrogen-bond donors (Lipinski definition) is 0. The number of benzene rings is 2. The van der Waals surface area contributed by atoms with E-state index in [0.717, 1.165) is 16.9 Å². The van der Waals surface area contributed by atoms with Crippen molar-refractivity contribution in [3.63, 3.8) is 0 Å². The van der Waals surface area contributed by atoms with Gasteiger partial charge in [-0.1, -0.05) is 23.7 Å². The van der Waals surface area contributed by atoms with Crippen molar-refractivity contribution in [1.29, 1.82) is 0 Å². The maximum atomic E-state index is 12.3. The molecule has 0 unspecified atom stereocenters. The smallest absolute Gasteiger partial charge is 0.182 e. The second-order valence-electron chi connectivity index (χ2n) is 4.66. The number of fused-ring (bicyclic) bond motifs is 1. The number of nitrogens with zero attached hydrogens (tertiary/aromatic N) is 2. The molecular weight excluding hydrogens is 272 g/mol. The summed E-state index contributed by atoms with van der Waals surface area (Å²) in [6.45, 7) is 2.20. The minimum absolute atomic E-state index is 0.0490. The average molecular weight is 285 g/mol. The van der Waals surface area contributed by atoms with Gasteiger partial charge in [0.25, 0.3) is 0 Å². The summed E-state index contributed by atoms with van der Waals surface area (Å²) < 4.78 is 1.94. The molecule has 0 aliphatic heterocycles. The Morgan fingerprint density at radius 1 is 1.15 bits per heavy atom. The van der Waals surface area contributed by atoms with Crippen LogP contribution >= 0.6 is 11.6 Å². The summed E-state index contributed by atoms with van der Waals surface area (Å²) in [5, 5.41) is 0.630. The summed E-state index contributed by atoms with van der Waals surface area (Å²) in [5.74, 6) is 0.890. The molecule has 3 rings (SSSR count). The summed E-state index contributed by atoms with van der Waals surface area (Å²) >= 11 is 5.84. The van der Waals surface area contributed by atoms with E-state index in [4.69, 9.17) is 11.6 Å². The number of hydrogen-bond acceptors (Lipinski definition) is 2. The lowest BCUT2D eigenvalue weighted by Gasteiger charge is -2.06. The Morgan fingerprint density at radius 2 is 1.85 bits per heavy atom. The molecule has 100 valence electrons. The number of rotatable bonds is 3. The van der Waals surface area contributed by atoms with Crippen molar-refractivity contribution in [3.8, 4) is 0 Å². The van der Waals surface area contributed by atoms with Gasteiger partial charge < -0.3 is 4.57 Å². The molecule has 0 atom stereocenters. The van der Waals surface area contributed by atoms with Gasteiger partial charge in [0.15, 0.2) is 5.78 Å². The minimum atomic E-state index is 0.0490. The molecule has 0 spiro atoms. The van der Waals surface area contributed by atoms with Crippen LogP contribution in [0.2, 0.25) is 5.02 Å². The van der Waals surface area contributed by atoms with Gasteiger partial charge in [-0.05, 0) is 43.3 Å². The maximum Gasteiger partial charge on any atom is 0.182 e. The van der Waals surface area contributed by atoms with E-state index in [1.807, 2.05) is 35.8 Å². The van der Waals surface area contributed by atoms with Crippen LogP contribution < -0.4 is 0 Å². The van der Waals surface area contributed by atoms with Gasteiger partial charge in [-0.3, -0.25) is 4.79 Å². The predicted molar refractivity (Wildman–Crippen MR) is 80.3 cm³/mol. The number of para-hydroxylation sites is 2. The number of imidazole rings is 1. The SMILES string of the molecule is Cc1nc2ccccc2n1CC(=O)c1ccc(Cl)cc1. The van der Waals surface area contributed by atoms with Crippen LogP contribution in [0.15, 0.2) is 48.5 Å². The topological polar surface area (TPSA) is 34.9 Å². The molecule has 0 radical (unpaired) electrons. The molecule has 3 nitrogen and oxygen atoms in total. The Hall–Kier alpha value is -2.13. The minimum Gasteiger partial charge on any atom is -0.320 e. The fraction of sp³-hybridized carbons (Fsp3) is 0.125. The van der Waals surface area contributed by atoms with Crippen LogP contribution in [0.3, 0.4) is 0 Å². The Morgan fingerprint density at radius 3 is 2.60 bits per heavy atom. The van der Waals surface area contributed by atoms with Crippen molar-refractivity contribution in [2.24, 2.45) is 0 Å². The van der Waals surface area contributed by atoms with Crippen LogP contribution in [0.5, 0.6) is 0 Å². The van der Waals surface area contributed by atoms with E-state index in [2.05, 4.69) is 4.98 Å². The molecule has 0 saturated heterocycles. The Balaban J connectivity index is 1.95. The van der Waals surface area contributed by atoms with Gasteiger partial charge in [0.1, 0.15) is 5.82 Å². The van der Waals surface area contributed by atoms with Crippen molar-refractivity contribution in [2.75, 3.05) is 0 Å². The van der Waals surface area contributed by atoms with E-state index in [9.17, 15) is 4.79 Å². The highest BCUT2D eigenvalue weighted by Crippen LogP contribution is 2.17. The lowest BCUT2D eigenvalue weighted by atomic mass is 10.1. The summed E-state index contributed by atoms with van der Waals surface area (Å²) in [4.78, 5) is 16.8. The Bertz CT molecular complexity index is 775. The molecule has 0 aliphatic carbocycles. The van der Waals surface area contributed by atoms with Gasteiger partial charge in [-0.2, -0.15) is 0 Å². The van der Waals surface area contributed by atoms with E-state index >= 15 is 0 Å². The monoisotopic (exact) mass is 284 g/mol. The van der Waals surface area contributed by atoms with Crippen molar-refractivity contribution in [1.82, 2.24) is 9.55 Å². The highest BCUT2D eigenvalue weighted by atomic mass is 35.5. The molecule has 1 heterocycles. The molecule has 0 aliphatic rings. The Kier molecular flexibility index (Phi) is 3.28. The van der Waals surface area contributed by atoms with Gasteiger partial charge in [-0.15, -0.1) is 0 Å². The van der Waals surface area contributed by atoms with Crippen molar-refractivity contribution >= 4 is 28.4 Å². The molecule has 0 fully saturated rings. The number of halogens is 1. The van der Waals surface area contributed by atoms with Crippen LogP contribution in [0.4, 0.5) is 0 Å². The molecule has 0 bridgehead atoms. The van der Waals surface area contributed by atoms with Crippen LogP contribution in [0.1, 0.15) is 16.2 Å². The molecule has 0 N–H and O–H groups in total. The quantitative estimate of drug-likeness (QED) is 0.684. The molecule has 1 aromatic heterocycles. The number of ketones is 1. The summed E-state index contributed by atoms with van der Waals surface area (Å²) in [6.07, 6.45) is 0. The van der Waals surface area contributed by atoms with Gasteiger partial charge in [0.2, 0.25) is 0 Å². The third-order valence-electron chi connectivity index (χ3n) is 3.31. The van der Waals surface area contributed by atoms with Crippen molar-refractivity contribution in [3.05, 3.63) is 64.9 Å². The number of carbonyl (C=O) groups excluding carboxylic acids is 1. The lowest BCUT2D eigenvalue weighted by molar-refractivity contribution is 0.0972. The highest BCUT2D eigenvalue weighted by Gasteiger charge is 2.12. The van der Waals surface area contributed by atoms with E-state index in [1.54, 1.807) is 24.3 Å².